The molecule has 2 unspecified atom stereocenters. The summed E-state index contributed by atoms with van der Waals surface area (Å²) in [7, 11) is 1.60. The fourth-order valence-corrected chi connectivity index (χ4v) is 2.19. The number of aliphatic carboxylic acids is 1. The van der Waals surface area contributed by atoms with E-state index in [9.17, 15) is 9.59 Å². The van der Waals surface area contributed by atoms with Gasteiger partial charge in [-0.1, -0.05) is 27.7 Å². The maximum atomic E-state index is 11.9. The second kappa shape index (κ2) is 10.4. The minimum Gasteiger partial charge on any atom is -0.481 e. The Morgan fingerprint density at radius 3 is 2.24 bits per heavy atom. The van der Waals surface area contributed by atoms with Crippen LogP contribution in [0.3, 0.4) is 0 Å². The van der Waals surface area contributed by atoms with Gasteiger partial charge in [0, 0.05) is 20.1 Å². The van der Waals surface area contributed by atoms with E-state index in [0.717, 1.165) is 6.42 Å². The van der Waals surface area contributed by atoms with Gasteiger partial charge in [0.2, 0.25) is 0 Å². The lowest BCUT2D eigenvalue weighted by Gasteiger charge is -2.23. The van der Waals surface area contributed by atoms with Gasteiger partial charge < -0.3 is 20.5 Å². The van der Waals surface area contributed by atoms with Crippen molar-refractivity contribution in [2.45, 2.75) is 46.6 Å². The number of carboxylic acids is 1. The number of ether oxygens (including phenoxy) is 1. The summed E-state index contributed by atoms with van der Waals surface area (Å²) in [6, 6.07) is -0.331. The third-order valence-corrected chi connectivity index (χ3v) is 3.29. The lowest BCUT2D eigenvalue weighted by atomic mass is 9.94. The standard InChI is InChI=1S/C15H30N2O4/c1-10(2)6-12(7-14(18)19)8-16-15(20)17-13(9-21-5)11(3)4/h10-13H,6-9H2,1-5H3,(H,18,19)(H2,16,17,20). The van der Waals surface area contributed by atoms with E-state index < -0.39 is 5.97 Å². The minimum absolute atomic E-state index is 0.0480. The van der Waals surface area contributed by atoms with Crippen molar-refractivity contribution >= 4 is 12.0 Å². The maximum Gasteiger partial charge on any atom is 0.315 e. The van der Waals surface area contributed by atoms with Crippen LogP contribution in [0.25, 0.3) is 0 Å². The zero-order valence-electron chi connectivity index (χ0n) is 13.8. The molecule has 6 nitrogen and oxygen atoms in total. The van der Waals surface area contributed by atoms with Gasteiger partial charge in [0.05, 0.1) is 12.6 Å². The normalized spacial score (nSPS) is 14.0. The molecule has 0 aliphatic rings. The molecule has 0 aliphatic carbocycles. The third-order valence-electron chi connectivity index (χ3n) is 3.29. The minimum atomic E-state index is -0.831. The van der Waals surface area contributed by atoms with Gasteiger partial charge >= 0.3 is 12.0 Å². The number of carbonyl (C=O) groups is 2. The number of urea groups is 1. The zero-order valence-corrected chi connectivity index (χ0v) is 13.8. The van der Waals surface area contributed by atoms with E-state index in [-0.39, 0.29) is 30.3 Å². The number of carbonyl (C=O) groups excluding carboxylic acids is 1. The first-order valence-corrected chi connectivity index (χ1v) is 7.51. The van der Waals surface area contributed by atoms with E-state index in [2.05, 4.69) is 10.6 Å². The van der Waals surface area contributed by atoms with Crippen LogP contribution in [-0.2, 0) is 9.53 Å². The average Bonchev–Trinajstić information content (AvgIpc) is 2.34. The summed E-state index contributed by atoms with van der Waals surface area (Å²) >= 11 is 0. The van der Waals surface area contributed by atoms with Crippen molar-refractivity contribution < 1.29 is 19.4 Å². The SMILES string of the molecule is COCC(NC(=O)NCC(CC(=O)O)CC(C)C)C(C)C. The molecular formula is C15H30N2O4. The van der Waals surface area contributed by atoms with Crippen molar-refractivity contribution in [2.75, 3.05) is 20.3 Å². The Bertz CT molecular complexity index is 319. The van der Waals surface area contributed by atoms with E-state index >= 15 is 0 Å². The quantitative estimate of drug-likeness (QED) is 0.576. The van der Waals surface area contributed by atoms with Crippen LogP contribution in [0.1, 0.15) is 40.5 Å². The van der Waals surface area contributed by atoms with Gasteiger partial charge in [-0.25, -0.2) is 4.79 Å². The molecule has 2 atom stereocenters. The van der Waals surface area contributed by atoms with E-state index in [4.69, 9.17) is 9.84 Å². The largest absolute Gasteiger partial charge is 0.481 e. The smallest absolute Gasteiger partial charge is 0.315 e. The summed E-state index contributed by atoms with van der Waals surface area (Å²) in [5.41, 5.74) is 0. The molecule has 0 heterocycles. The highest BCUT2D eigenvalue weighted by molar-refractivity contribution is 5.74. The van der Waals surface area contributed by atoms with Crippen LogP contribution in [0.2, 0.25) is 0 Å². The van der Waals surface area contributed by atoms with Crippen molar-refractivity contribution in [1.82, 2.24) is 10.6 Å². The van der Waals surface area contributed by atoms with Crippen molar-refractivity contribution in [2.24, 2.45) is 17.8 Å². The Morgan fingerprint density at radius 2 is 1.81 bits per heavy atom. The van der Waals surface area contributed by atoms with Crippen molar-refractivity contribution in [3.8, 4) is 0 Å². The molecule has 0 aromatic carbocycles. The summed E-state index contributed by atoms with van der Waals surface area (Å²) in [5, 5.41) is 14.5. The fourth-order valence-electron chi connectivity index (χ4n) is 2.19. The van der Waals surface area contributed by atoms with Crippen molar-refractivity contribution in [3.63, 3.8) is 0 Å². The summed E-state index contributed by atoms with van der Waals surface area (Å²) in [6.07, 6.45) is 0.850. The Hall–Kier alpha value is -1.30. The molecule has 0 aliphatic heterocycles. The van der Waals surface area contributed by atoms with Gasteiger partial charge in [-0.2, -0.15) is 0 Å². The van der Waals surface area contributed by atoms with Crippen LogP contribution in [-0.4, -0.2) is 43.4 Å². The summed E-state index contributed by atoms with van der Waals surface area (Å²) in [4.78, 5) is 22.7. The molecule has 0 rings (SSSR count). The number of hydrogen-bond acceptors (Lipinski definition) is 3. The van der Waals surface area contributed by atoms with Crippen LogP contribution in [0, 0.1) is 17.8 Å². The van der Waals surface area contributed by atoms with Crippen LogP contribution < -0.4 is 10.6 Å². The molecule has 6 heteroatoms. The number of rotatable bonds is 10. The number of methoxy groups -OCH3 is 1. The van der Waals surface area contributed by atoms with Gasteiger partial charge in [0.25, 0.3) is 0 Å². The van der Waals surface area contributed by atoms with Crippen LogP contribution >= 0.6 is 0 Å². The van der Waals surface area contributed by atoms with Crippen LogP contribution in [0.15, 0.2) is 0 Å². The summed E-state index contributed by atoms with van der Waals surface area (Å²) < 4.78 is 5.08. The number of carboxylic acid groups (broad SMARTS) is 1. The predicted octanol–water partition coefficient (Wildman–Crippen LogP) is 2.09. The van der Waals surface area contributed by atoms with Crippen molar-refractivity contribution in [3.05, 3.63) is 0 Å². The topological polar surface area (TPSA) is 87.7 Å². The Labute approximate surface area is 127 Å². The van der Waals surface area contributed by atoms with Crippen LogP contribution in [0.5, 0.6) is 0 Å². The Kier molecular flexibility index (Phi) is 9.78. The summed E-state index contributed by atoms with van der Waals surface area (Å²) in [5.74, 6) is -0.215. The monoisotopic (exact) mass is 302 g/mol. The number of hydrogen-bond donors (Lipinski definition) is 3. The molecule has 3 N–H and O–H groups in total. The van der Waals surface area contributed by atoms with Gasteiger partial charge in [-0.3, -0.25) is 4.79 Å². The lowest BCUT2D eigenvalue weighted by molar-refractivity contribution is -0.138. The molecule has 0 aromatic heterocycles. The van der Waals surface area contributed by atoms with Crippen molar-refractivity contribution in [1.29, 1.82) is 0 Å². The van der Waals surface area contributed by atoms with Crippen LogP contribution in [0.4, 0.5) is 4.79 Å². The van der Waals surface area contributed by atoms with Gasteiger partial charge in [0.1, 0.15) is 0 Å². The first kappa shape index (κ1) is 19.7. The van der Waals surface area contributed by atoms with Gasteiger partial charge in [-0.05, 0) is 24.2 Å². The molecule has 0 saturated heterocycles. The molecule has 0 bridgehead atoms. The highest BCUT2D eigenvalue weighted by Gasteiger charge is 2.18. The second-order valence-corrected chi connectivity index (χ2v) is 6.25. The molecule has 2 amide bonds. The van der Waals surface area contributed by atoms with E-state index in [1.165, 1.54) is 0 Å². The van der Waals surface area contributed by atoms with E-state index in [1.807, 2.05) is 27.7 Å². The average molecular weight is 302 g/mol. The Balaban J connectivity index is 4.30. The fraction of sp³-hybridized carbons (Fsp3) is 0.867. The Morgan fingerprint density at radius 1 is 1.19 bits per heavy atom. The van der Waals surface area contributed by atoms with Gasteiger partial charge in [0.15, 0.2) is 0 Å². The predicted molar refractivity (Wildman–Crippen MR) is 82.2 cm³/mol. The molecule has 0 saturated carbocycles. The summed E-state index contributed by atoms with van der Waals surface area (Å²) in [6.45, 7) is 8.93. The van der Waals surface area contributed by atoms with E-state index in [1.54, 1.807) is 7.11 Å². The molecule has 0 fully saturated rings. The third kappa shape index (κ3) is 10.1. The molecule has 0 aromatic rings. The number of amides is 2. The highest BCUT2D eigenvalue weighted by atomic mass is 16.5. The number of nitrogens with one attached hydrogen (secondary N) is 2. The molecule has 21 heavy (non-hydrogen) atoms. The van der Waals surface area contributed by atoms with E-state index in [0.29, 0.717) is 19.1 Å². The van der Waals surface area contributed by atoms with Gasteiger partial charge in [-0.15, -0.1) is 0 Å². The zero-order chi connectivity index (χ0) is 16.4. The first-order valence-electron chi connectivity index (χ1n) is 7.51. The molecule has 0 radical (unpaired) electrons. The molecular weight excluding hydrogens is 272 g/mol. The maximum absolute atomic E-state index is 11.9. The molecule has 0 spiro atoms. The second-order valence-electron chi connectivity index (χ2n) is 6.25. The highest BCUT2D eigenvalue weighted by Crippen LogP contribution is 2.14. The molecule has 124 valence electrons. The lowest BCUT2D eigenvalue weighted by Crippen LogP contribution is -2.47. The first-order chi connectivity index (χ1) is 9.76.